The summed E-state index contributed by atoms with van der Waals surface area (Å²) in [4.78, 5) is 22.0. The first-order valence-corrected chi connectivity index (χ1v) is 5.89. The van der Waals surface area contributed by atoms with Crippen molar-refractivity contribution in [1.82, 2.24) is 0 Å². The molecular weight excluding hydrogens is 275 g/mol. The minimum atomic E-state index is -1.13. The van der Waals surface area contributed by atoms with Gasteiger partial charge in [-0.2, -0.15) is 0 Å². The zero-order chi connectivity index (χ0) is 15.2. The molecule has 6 nitrogen and oxygen atoms in total. The van der Waals surface area contributed by atoms with E-state index in [-0.39, 0.29) is 22.6 Å². The Labute approximate surface area is 120 Å². The minimum Gasteiger partial charge on any atom is -0.526 e. The fraction of sp³-hybridized carbons (Fsp3) is 0. The number of hydrogen-bond donors (Lipinski definition) is 2. The Morgan fingerprint density at radius 1 is 0.762 bits per heavy atom. The number of carbonyl (C=O) groups is 2. The molecule has 0 spiro atoms. The SMILES string of the molecule is O=C(O)c1ccccc1O[B]Oc1ccccc1C(=O)O. The summed E-state index contributed by atoms with van der Waals surface area (Å²) in [7, 11) is 0.892. The van der Waals surface area contributed by atoms with Crippen LogP contribution in [-0.4, -0.2) is 29.8 Å². The third-order valence-electron chi connectivity index (χ3n) is 2.59. The summed E-state index contributed by atoms with van der Waals surface area (Å²) in [5.74, 6) is -2.08. The molecule has 0 bridgehead atoms. The molecule has 0 aliphatic heterocycles. The highest BCUT2D eigenvalue weighted by Gasteiger charge is 2.14. The second-order valence-corrected chi connectivity index (χ2v) is 3.93. The van der Waals surface area contributed by atoms with Crippen LogP contribution in [0.3, 0.4) is 0 Å². The number of para-hydroxylation sites is 2. The molecule has 0 heterocycles. The molecule has 0 fully saturated rings. The van der Waals surface area contributed by atoms with Crippen molar-refractivity contribution in [2.24, 2.45) is 0 Å². The molecule has 0 aromatic heterocycles. The highest BCUT2D eigenvalue weighted by atomic mass is 16.6. The van der Waals surface area contributed by atoms with Crippen LogP contribution in [0.4, 0.5) is 0 Å². The Morgan fingerprint density at radius 3 is 1.52 bits per heavy atom. The van der Waals surface area contributed by atoms with Gasteiger partial charge in [-0.25, -0.2) is 9.59 Å². The average Bonchev–Trinajstić information content (AvgIpc) is 2.48. The largest absolute Gasteiger partial charge is 0.658 e. The molecule has 1 radical (unpaired) electrons. The third-order valence-corrected chi connectivity index (χ3v) is 2.59. The van der Waals surface area contributed by atoms with Gasteiger partial charge in [0.05, 0.1) is 11.1 Å². The molecule has 0 amide bonds. The Kier molecular flexibility index (Phi) is 4.45. The highest BCUT2D eigenvalue weighted by Crippen LogP contribution is 2.20. The molecule has 7 heteroatoms. The van der Waals surface area contributed by atoms with Crippen LogP contribution in [0.1, 0.15) is 20.7 Å². The van der Waals surface area contributed by atoms with E-state index in [9.17, 15) is 9.59 Å². The normalized spacial score (nSPS) is 9.71. The van der Waals surface area contributed by atoms with Crippen molar-refractivity contribution in [3.63, 3.8) is 0 Å². The molecule has 21 heavy (non-hydrogen) atoms. The number of rotatable bonds is 6. The molecule has 0 aliphatic rings. The first kappa shape index (κ1) is 14.5. The van der Waals surface area contributed by atoms with Crippen LogP contribution in [0.25, 0.3) is 0 Å². The van der Waals surface area contributed by atoms with E-state index in [2.05, 4.69) is 0 Å². The van der Waals surface area contributed by atoms with Crippen LogP contribution >= 0.6 is 0 Å². The van der Waals surface area contributed by atoms with Crippen molar-refractivity contribution in [2.45, 2.75) is 0 Å². The van der Waals surface area contributed by atoms with Gasteiger partial charge in [0.2, 0.25) is 0 Å². The first-order valence-electron chi connectivity index (χ1n) is 5.89. The van der Waals surface area contributed by atoms with Crippen molar-refractivity contribution in [1.29, 1.82) is 0 Å². The van der Waals surface area contributed by atoms with Gasteiger partial charge in [0, 0.05) is 0 Å². The zero-order valence-electron chi connectivity index (χ0n) is 10.7. The van der Waals surface area contributed by atoms with Gasteiger partial charge >= 0.3 is 19.6 Å². The maximum atomic E-state index is 11.0. The van der Waals surface area contributed by atoms with Crippen LogP contribution in [0.5, 0.6) is 11.5 Å². The lowest BCUT2D eigenvalue weighted by atomic mass is 10.2. The van der Waals surface area contributed by atoms with E-state index in [1.807, 2.05) is 0 Å². The van der Waals surface area contributed by atoms with Crippen LogP contribution in [0.2, 0.25) is 0 Å². The number of benzene rings is 2. The summed E-state index contributed by atoms with van der Waals surface area (Å²) in [5, 5.41) is 18.0. The Bertz CT molecular complexity index is 613. The lowest BCUT2D eigenvalue weighted by Crippen LogP contribution is -2.15. The summed E-state index contributed by atoms with van der Waals surface area (Å²) < 4.78 is 10.2. The lowest BCUT2D eigenvalue weighted by molar-refractivity contribution is 0.0684. The van der Waals surface area contributed by atoms with Gasteiger partial charge in [0.25, 0.3) is 0 Å². The summed E-state index contributed by atoms with van der Waals surface area (Å²) in [6.45, 7) is 0. The Hall–Kier alpha value is -2.96. The maximum absolute atomic E-state index is 11.0. The lowest BCUT2D eigenvalue weighted by Gasteiger charge is -2.10. The average molecular weight is 285 g/mol. The van der Waals surface area contributed by atoms with Gasteiger partial charge in [0.1, 0.15) is 11.5 Å². The van der Waals surface area contributed by atoms with Gasteiger partial charge in [-0.3, -0.25) is 0 Å². The smallest absolute Gasteiger partial charge is 0.526 e. The predicted octanol–water partition coefficient (Wildman–Crippen LogP) is 2.07. The van der Waals surface area contributed by atoms with E-state index in [0.29, 0.717) is 0 Å². The van der Waals surface area contributed by atoms with Crippen molar-refractivity contribution in [3.8, 4) is 11.5 Å². The molecule has 105 valence electrons. The van der Waals surface area contributed by atoms with Crippen LogP contribution in [0.15, 0.2) is 48.5 Å². The fourth-order valence-electron chi connectivity index (χ4n) is 1.62. The Balaban J connectivity index is 2.06. The van der Waals surface area contributed by atoms with Gasteiger partial charge in [-0.15, -0.1) is 0 Å². The second-order valence-electron chi connectivity index (χ2n) is 3.93. The molecule has 0 aliphatic carbocycles. The van der Waals surface area contributed by atoms with E-state index in [4.69, 9.17) is 19.5 Å². The van der Waals surface area contributed by atoms with E-state index < -0.39 is 11.9 Å². The molecular formula is C14H10BO6. The molecule has 0 saturated heterocycles. The molecule has 2 N–H and O–H groups in total. The second kappa shape index (κ2) is 6.47. The van der Waals surface area contributed by atoms with E-state index in [1.54, 1.807) is 24.3 Å². The van der Waals surface area contributed by atoms with Gasteiger partial charge in [-0.1, -0.05) is 24.3 Å². The van der Waals surface area contributed by atoms with Gasteiger partial charge < -0.3 is 19.5 Å². The van der Waals surface area contributed by atoms with E-state index in [1.165, 1.54) is 24.3 Å². The molecule has 0 saturated carbocycles. The molecule has 2 rings (SSSR count). The Morgan fingerprint density at radius 2 is 1.14 bits per heavy atom. The van der Waals surface area contributed by atoms with Crippen molar-refractivity contribution in [2.75, 3.05) is 0 Å². The van der Waals surface area contributed by atoms with E-state index >= 15 is 0 Å². The summed E-state index contributed by atoms with van der Waals surface area (Å²) >= 11 is 0. The summed E-state index contributed by atoms with van der Waals surface area (Å²) in [5.41, 5.74) is -0.0484. The molecule has 0 atom stereocenters. The monoisotopic (exact) mass is 285 g/mol. The van der Waals surface area contributed by atoms with Gasteiger partial charge in [0.15, 0.2) is 0 Å². The number of carboxylic acids is 2. The minimum absolute atomic E-state index is 0.0242. The van der Waals surface area contributed by atoms with Crippen LogP contribution < -0.4 is 9.31 Å². The van der Waals surface area contributed by atoms with Crippen molar-refractivity contribution >= 4 is 19.6 Å². The third kappa shape index (κ3) is 3.53. The quantitative estimate of drug-likeness (QED) is 0.789. The summed E-state index contributed by atoms with van der Waals surface area (Å²) in [6.07, 6.45) is 0. The summed E-state index contributed by atoms with van der Waals surface area (Å²) in [6, 6.07) is 12.1. The standard InChI is InChI=1S/C14H10BO6/c16-13(17)9-5-1-3-7-11(9)20-15-21-12-8-4-2-6-10(12)14(18)19/h1-8H,(H,16,17)(H,18,19). The number of aromatic carboxylic acids is 2. The van der Waals surface area contributed by atoms with Crippen LogP contribution in [-0.2, 0) is 0 Å². The van der Waals surface area contributed by atoms with Crippen molar-refractivity contribution in [3.05, 3.63) is 59.7 Å². The molecule has 2 aromatic carbocycles. The zero-order valence-corrected chi connectivity index (χ0v) is 10.7. The molecule has 0 unspecified atom stereocenters. The maximum Gasteiger partial charge on any atom is 0.658 e. The van der Waals surface area contributed by atoms with Crippen LogP contribution in [0, 0.1) is 0 Å². The topological polar surface area (TPSA) is 93.1 Å². The van der Waals surface area contributed by atoms with Gasteiger partial charge in [-0.05, 0) is 24.3 Å². The first-order chi connectivity index (χ1) is 10.1. The number of hydrogen-bond acceptors (Lipinski definition) is 4. The number of carboxylic acid groups (broad SMARTS) is 2. The highest BCUT2D eigenvalue weighted by molar-refractivity contribution is 6.21. The van der Waals surface area contributed by atoms with Crippen molar-refractivity contribution < 1.29 is 29.1 Å². The molecule has 2 aromatic rings. The fourth-order valence-corrected chi connectivity index (χ4v) is 1.62. The predicted molar refractivity (Wildman–Crippen MR) is 73.8 cm³/mol. The van der Waals surface area contributed by atoms with E-state index in [0.717, 1.165) is 7.69 Å².